The lowest BCUT2D eigenvalue weighted by Crippen LogP contribution is -1.96. The van der Waals surface area contributed by atoms with Crippen molar-refractivity contribution in [2.24, 2.45) is 0 Å². The molecule has 0 aliphatic heterocycles. The molecule has 2 nitrogen and oxygen atoms in total. The second kappa shape index (κ2) is 8.73. The van der Waals surface area contributed by atoms with Crippen LogP contribution in [0.1, 0.15) is 25.0 Å². The van der Waals surface area contributed by atoms with E-state index in [-0.39, 0.29) is 0 Å². The second-order valence-corrected chi connectivity index (χ2v) is 9.58. The summed E-state index contributed by atoms with van der Waals surface area (Å²) in [5.74, 6) is 0. The molecule has 0 aliphatic rings. The molecule has 0 bridgehead atoms. The molecule has 0 spiro atoms. The summed E-state index contributed by atoms with van der Waals surface area (Å²) in [5, 5.41) is 6.68. The first-order valence-corrected chi connectivity index (χ1v) is 12.7. The van der Waals surface area contributed by atoms with Crippen molar-refractivity contribution >= 4 is 43.7 Å². The van der Waals surface area contributed by atoms with Crippen LogP contribution in [0.4, 0.5) is 11.4 Å². The van der Waals surface area contributed by atoms with E-state index in [1.54, 1.807) is 0 Å². The maximum atomic E-state index is 6.91. The van der Waals surface area contributed by atoms with E-state index < -0.39 is 0 Å². The van der Waals surface area contributed by atoms with Crippen LogP contribution in [-0.2, 0) is 12.8 Å². The van der Waals surface area contributed by atoms with Gasteiger partial charge in [-0.3, -0.25) is 0 Å². The molecule has 0 unspecified atom stereocenters. The number of aryl methyl sites for hydroxylation is 2. The van der Waals surface area contributed by atoms with Crippen LogP contribution in [0.25, 0.3) is 54.6 Å². The van der Waals surface area contributed by atoms with Crippen molar-refractivity contribution in [1.82, 2.24) is 0 Å². The summed E-state index contributed by atoms with van der Waals surface area (Å²) in [4.78, 5) is 0. The van der Waals surface area contributed by atoms with Crippen LogP contribution in [0.2, 0.25) is 0 Å². The number of nitrogens with two attached hydrogens (primary N) is 2. The van der Waals surface area contributed by atoms with Crippen molar-refractivity contribution in [3.8, 4) is 22.3 Å². The maximum absolute atomic E-state index is 6.91. The molecule has 0 amide bonds. The van der Waals surface area contributed by atoms with Gasteiger partial charge in [-0.2, -0.15) is 0 Å². The van der Waals surface area contributed by atoms with Gasteiger partial charge in [0.05, 0.1) is 0 Å². The van der Waals surface area contributed by atoms with Gasteiger partial charge in [-0.05, 0) is 79.9 Å². The van der Waals surface area contributed by atoms with Gasteiger partial charge in [0.25, 0.3) is 0 Å². The summed E-state index contributed by atoms with van der Waals surface area (Å²) in [6.07, 6.45) is 2.04. The highest BCUT2D eigenvalue weighted by Crippen LogP contribution is 2.45. The summed E-state index contributed by atoms with van der Waals surface area (Å²) in [7, 11) is 0. The van der Waals surface area contributed by atoms with Crippen molar-refractivity contribution in [2.75, 3.05) is 11.5 Å². The molecule has 2 heteroatoms. The predicted octanol–water partition coefficient (Wildman–Crippen LogP) is 8.77. The van der Waals surface area contributed by atoms with E-state index in [0.717, 1.165) is 56.5 Å². The van der Waals surface area contributed by atoms with E-state index in [0.29, 0.717) is 0 Å². The summed E-state index contributed by atoms with van der Waals surface area (Å²) >= 11 is 0. The Morgan fingerprint density at radius 1 is 0.500 bits per heavy atom. The average molecular weight is 467 g/mol. The Morgan fingerprint density at radius 3 is 1.69 bits per heavy atom. The molecule has 6 rings (SSSR count). The van der Waals surface area contributed by atoms with E-state index in [1.807, 2.05) is 6.07 Å². The lowest BCUT2D eigenvalue weighted by Gasteiger charge is -2.19. The lowest BCUT2D eigenvalue weighted by molar-refractivity contribution is 1.14. The Morgan fingerprint density at radius 2 is 1.06 bits per heavy atom. The number of hydrogen-bond acceptors (Lipinski definition) is 2. The van der Waals surface area contributed by atoms with Crippen molar-refractivity contribution < 1.29 is 0 Å². The van der Waals surface area contributed by atoms with E-state index in [4.69, 9.17) is 11.5 Å². The fourth-order valence-corrected chi connectivity index (χ4v) is 5.53. The number of nitrogen functional groups attached to an aromatic ring is 2. The monoisotopic (exact) mass is 466 g/mol. The quantitative estimate of drug-likeness (QED) is 0.201. The minimum absolute atomic E-state index is 0.786. The molecule has 0 saturated heterocycles. The molecule has 6 aromatic rings. The van der Waals surface area contributed by atoms with E-state index >= 15 is 0 Å². The molecule has 0 fully saturated rings. The molecule has 176 valence electrons. The maximum Gasteiger partial charge on any atom is 0.0406 e. The van der Waals surface area contributed by atoms with Crippen molar-refractivity contribution in [1.29, 1.82) is 0 Å². The van der Waals surface area contributed by atoms with Gasteiger partial charge in [-0.15, -0.1) is 0 Å². The van der Waals surface area contributed by atoms with Gasteiger partial charge < -0.3 is 11.5 Å². The Kier molecular flexibility index (Phi) is 5.38. The third-order valence-electron chi connectivity index (χ3n) is 7.53. The van der Waals surface area contributed by atoms with Gasteiger partial charge in [-0.25, -0.2) is 0 Å². The molecular formula is C34H30N2. The first kappa shape index (κ1) is 22.2. The average Bonchev–Trinajstić information content (AvgIpc) is 2.93. The van der Waals surface area contributed by atoms with Crippen LogP contribution in [0.3, 0.4) is 0 Å². The molecule has 0 saturated carbocycles. The van der Waals surface area contributed by atoms with Gasteiger partial charge >= 0.3 is 0 Å². The Bertz CT molecular complexity index is 1740. The van der Waals surface area contributed by atoms with Crippen LogP contribution in [0.15, 0.2) is 97.1 Å². The Balaban J connectivity index is 1.74. The molecule has 0 atom stereocenters. The summed E-state index contributed by atoms with van der Waals surface area (Å²) in [6, 6.07) is 34.8. The van der Waals surface area contributed by atoms with E-state index in [1.165, 1.54) is 33.4 Å². The van der Waals surface area contributed by atoms with E-state index in [9.17, 15) is 0 Å². The fourth-order valence-electron chi connectivity index (χ4n) is 5.53. The standard InChI is InChI=1S/C34H30N2/c1-3-21-9-13-23(14-10-21)25-17-18-28-30-19-31(35)27-8-6-5-7-26(27)29(30)20-32(36)34(28)33(25)24-15-11-22(4-2)12-16-24/h5-20H,3-4,35-36H2,1-2H3. The normalized spacial score (nSPS) is 11.5. The third-order valence-corrected chi connectivity index (χ3v) is 7.53. The second-order valence-electron chi connectivity index (χ2n) is 9.58. The molecule has 0 heterocycles. The molecule has 4 N–H and O–H groups in total. The molecule has 0 radical (unpaired) electrons. The topological polar surface area (TPSA) is 52.0 Å². The Labute approximate surface area is 212 Å². The largest absolute Gasteiger partial charge is 0.398 e. The summed E-state index contributed by atoms with van der Waals surface area (Å²) < 4.78 is 0. The molecule has 0 aromatic heterocycles. The summed E-state index contributed by atoms with van der Waals surface area (Å²) in [5.41, 5.74) is 22.4. The van der Waals surface area contributed by atoms with Crippen LogP contribution >= 0.6 is 0 Å². The number of benzene rings is 6. The third kappa shape index (κ3) is 3.49. The summed E-state index contributed by atoms with van der Waals surface area (Å²) in [6.45, 7) is 4.37. The number of rotatable bonds is 4. The zero-order valence-corrected chi connectivity index (χ0v) is 20.8. The highest BCUT2D eigenvalue weighted by Gasteiger charge is 2.18. The van der Waals surface area contributed by atoms with Crippen molar-refractivity contribution in [3.05, 3.63) is 108 Å². The fraction of sp³-hybridized carbons (Fsp3) is 0.118. The first-order chi connectivity index (χ1) is 17.6. The zero-order chi connectivity index (χ0) is 24.8. The number of fused-ring (bicyclic) bond motifs is 5. The number of anilines is 2. The van der Waals surface area contributed by atoms with Gasteiger partial charge in [0, 0.05) is 22.1 Å². The molecule has 6 aromatic carbocycles. The highest BCUT2D eigenvalue weighted by molar-refractivity contribution is 6.26. The van der Waals surface area contributed by atoms with Gasteiger partial charge in [0.2, 0.25) is 0 Å². The van der Waals surface area contributed by atoms with E-state index in [2.05, 4.69) is 105 Å². The van der Waals surface area contributed by atoms with Gasteiger partial charge in [-0.1, -0.05) is 98.8 Å². The number of hydrogen-bond donors (Lipinski definition) is 2. The van der Waals surface area contributed by atoms with Crippen LogP contribution < -0.4 is 11.5 Å². The van der Waals surface area contributed by atoms with Crippen molar-refractivity contribution in [2.45, 2.75) is 26.7 Å². The molecular weight excluding hydrogens is 436 g/mol. The first-order valence-electron chi connectivity index (χ1n) is 12.7. The predicted molar refractivity (Wildman–Crippen MR) is 157 cm³/mol. The highest BCUT2D eigenvalue weighted by atomic mass is 14.6. The van der Waals surface area contributed by atoms with Crippen molar-refractivity contribution in [3.63, 3.8) is 0 Å². The smallest absolute Gasteiger partial charge is 0.0406 e. The lowest BCUT2D eigenvalue weighted by atomic mass is 9.86. The zero-order valence-electron chi connectivity index (χ0n) is 20.8. The van der Waals surface area contributed by atoms with Crippen LogP contribution in [0.5, 0.6) is 0 Å². The van der Waals surface area contributed by atoms with Crippen LogP contribution in [0, 0.1) is 0 Å². The minimum atomic E-state index is 0.786. The molecule has 36 heavy (non-hydrogen) atoms. The Hall–Kier alpha value is -4.30. The van der Waals surface area contributed by atoms with Crippen LogP contribution in [-0.4, -0.2) is 0 Å². The van der Waals surface area contributed by atoms with Gasteiger partial charge in [0.1, 0.15) is 0 Å². The minimum Gasteiger partial charge on any atom is -0.398 e. The SMILES string of the molecule is CCc1ccc(-c2ccc3c(c(N)cc4c5ccccc5c(N)cc34)c2-c2ccc(CC)cc2)cc1. The van der Waals surface area contributed by atoms with Gasteiger partial charge in [0.15, 0.2) is 0 Å². The molecule has 0 aliphatic carbocycles.